The van der Waals surface area contributed by atoms with Crippen LogP contribution in [0.4, 0.5) is 11.4 Å². The Morgan fingerprint density at radius 1 is 1.26 bits per heavy atom. The van der Waals surface area contributed by atoms with Crippen molar-refractivity contribution in [1.29, 1.82) is 0 Å². The summed E-state index contributed by atoms with van der Waals surface area (Å²) < 4.78 is 33.0. The van der Waals surface area contributed by atoms with E-state index in [4.69, 9.17) is 10.5 Å². The minimum atomic E-state index is -3.54. The summed E-state index contributed by atoms with van der Waals surface area (Å²) in [6.45, 7) is 9.35. The van der Waals surface area contributed by atoms with Crippen molar-refractivity contribution >= 4 is 27.2 Å². The monoisotopic (exact) mass is 497 g/mol. The van der Waals surface area contributed by atoms with Crippen LogP contribution in [0.1, 0.15) is 32.3 Å². The number of hydrogen-bond acceptors (Lipinski definition) is 6. The van der Waals surface area contributed by atoms with E-state index in [9.17, 15) is 8.42 Å². The second-order valence-corrected chi connectivity index (χ2v) is 10.5. The molecule has 188 valence electrons. The minimum absolute atomic E-state index is 0.216. The van der Waals surface area contributed by atoms with Gasteiger partial charge in [0.05, 0.1) is 12.0 Å². The van der Waals surface area contributed by atoms with Crippen LogP contribution in [0.3, 0.4) is 0 Å². The molecule has 35 heavy (non-hydrogen) atoms. The first-order valence-corrected chi connectivity index (χ1v) is 13.2. The molecule has 2 aromatic rings. The van der Waals surface area contributed by atoms with E-state index in [1.165, 1.54) is 11.8 Å². The number of nitrogens with one attached hydrogen (secondary N) is 2. The number of methoxy groups -OCH3 is 1. The summed E-state index contributed by atoms with van der Waals surface area (Å²) in [5, 5.41) is 3.13. The molecule has 1 aliphatic heterocycles. The molecular weight excluding hydrogens is 462 g/mol. The first kappa shape index (κ1) is 26.3. The Morgan fingerprint density at radius 3 is 2.66 bits per heavy atom. The van der Waals surface area contributed by atoms with E-state index in [0.29, 0.717) is 29.8 Å². The summed E-state index contributed by atoms with van der Waals surface area (Å²) in [7, 11) is -1.88. The van der Waals surface area contributed by atoms with Gasteiger partial charge in [0, 0.05) is 24.5 Å². The SMILES string of the molecule is C=C(/N=C(\C=C/N)N1CCCc2cc(OC)ccc21)Nc1ccc(S(=O)(=O)NCCC(C)C)cc1. The molecule has 1 aliphatic rings. The zero-order valence-electron chi connectivity index (χ0n) is 20.6. The molecule has 0 fully saturated rings. The standard InChI is InChI=1S/C26H35N5O3S/c1-19(2)14-16-28-35(32,33)24-10-7-22(8-11-24)29-20(3)30-26(13-15-27)31-17-5-6-21-18-23(34-4)9-12-25(21)31/h7-13,15,18-19,28-29H,3,5-6,14,16-17,27H2,1-2,4H3/b15-13-,30-26+. The van der Waals surface area contributed by atoms with Crippen molar-refractivity contribution in [2.75, 3.05) is 30.4 Å². The third-order valence-corrected chi connectivity index (χ3v) is 7.12. The van der Waals surface area contributed by atoms with Crippen molar-refractivity contribution in [3.05, 3.63) is 72.7 Å². The normalized spacial score (nSPS) is 14.3. The largest absolute Gasteiger partial charge is 0.497 e. The van der Waals surface area contributed by atoms with Gasteiger partial charge < -0.3 is 20.7 Å². The Morgan fingerprint density at radius 2 is 2.00 bits per heavy atom. The fourth-order valence-corrected chi connectivity index (χ4v) is 4.88. The summed E-state index contributed by atoms with van der Waals surface area (Å²) >= 11 is 0. The highest BCUT2D eigenvalue weighted by atomic mass is 32.2. The molecular formula is C26H35N5O3S. The van der Waals surface area contributed by atoms with Crippen LogP contribution in [-0.4, -0.2) is 34.5 Å². The number of nitrogens with two attached hydrogens (primary N) is 1. The van der Waals surface area contributed by atoms with Gasteiger partial charge in [0.15, 0.2) is 0 Å². The number of fused-ring (bicyclic) bond motifs is 1. The molecule has 0 saturated carbocycles. The second-order valence-electron chi connectivity index (χ2n) is 8.76. The topological polar surface area (TPSA) is 109 Å². The first-order chi connectivity index (χ1) is 16.7. The number of aliphatic imine (C=N–C) groups is 1. The van der Waals surface area contributed by atoms with Crippen LogP contribution < -0.4 is 25.4 Å². The maximum atomic E-state index is 12.5. The Labute approximate surface area is 208 Å². The van der Waals surface area contributed by atoms with Gasteiger partial charge in [-0.3, -0.25) is 0 Å². The van der Waals surface area contributed by atoms with Gasteiger partial charge in [-0.15, -0.1) is 0 Å². The van der Waals surface area contributed by atoms with E-state index >= 15 is 0 Å². The number of aryl methyl sites for hydroxylation is 1. The predicted octanol–water partition coefficient (Wildman–Crippen LogP) is 4.23. The summed E-state index contributed by atoms with van der Waals surface area (Å²) in [5.74, 6) is 2.32. The molecule has 0 bridgehead atoms. The number of hydrogen-bond donors (Lipinski definition) is 3. The average molecular weight is 498 g/mol. The quantitative estimate of drug-likeness (QED) is 0.335. The third kappa shape index (κ3) is 7.10. The van der Waals surface area contributed by atoms with Gasteiger partial charge in [-0.25, -0.2) is 18.1 Å². The Balaban J connectivity index is 1.73. The van der Waals surface area contributed by atoms with Crippen LogP contribution in [0.5, 0.6) is 5.75 Å². The van der Waals surface area contributed by atoms with Crippen molar-refractivity contribution in [3.63, 3.8) is 0 Å². The van der Waals surface area contributed by atoms with E-state index in [1.807, 2.05) is 18.2 Å². The average Bonchev–Trinajstić information content (AvgIpc) is 2.83. The van der Waals surface area contributed by atoms with Crippen LogP contribution in [0.15, 0.2) is 77.0 Å². The smallest absolute Gasteiger partial charge is 0.240 e. The van der Waals surface area contributed by atoms with Crippen molar-refractivity contribution in [1.82, 2.24) is 4.72 Å². The molecule has 0 aliphatic carbocycles. The van der Waals surface area contributed by atoms with Gasteiger partial charge in [-0.1, -0.05) is 20.4 Å². The highest BCUT2D eigenvalue weighted by molar-refractivity contribution is 7.89. The van der Waals surface area contributed by atoms with Crippen LogP contribution in [0.25, 0.3) is 0 Å². The first-order valence-electron chi connectivity index (χ1n) is 11.7. The van der Waals surface area contributed by atoms with E-state index in [0.717, 1.165) is 37.2 Å². The van der Waals surface area contributed by atoms with Crippen LogP contribution >= 0.6 is 0 Å². The molecule has 0 spiro atoms. The molecule has 0 amide bonds. The lowest BCUT2D eigenvalue weighted by Crippen LogP contribution is -2.35. The van der Waals surface area contributed by atoms with Gasteiger partial charge in [0.25, 0.3) is 0 Å². The second kappa shape index (κ2) is 11.9. The van der Waals surface area contributed by atoms with Gasteiger partial charge in [-0.2, -0.15) is 0 Å². The van der Waals surface area contributed by atoms with Crippen molar-refractivity contribution in [2.24, 2.45) is 16.6 Å². The Hall–Kier alpha value is -3.30. The zero-order chi connectivity index (χ0) is 25.4. The number of sulfonamides is 1. The van der Waals surface area contributed by atoms with Crippen molar-refractivity contribution < 1.29 is 13.2 Å². The van der Waals surface area contributed by atoms with E-state index in [1.54, 1.807) is 37.5 Å². The maximum Gasteiger partial charge on any atom is 0.240 e. The van der Waals surface area contributed by atoms with Gasteiger partial charge in [0.1, 0.15) is 17.4 Å². The van der Waals surface area contributed by atoms with Crippen molar-refractivity contribution in [3.8, 4) is 5.75 Å². The van der Waals surface area contributed by atoms with Crippen LogP contribution in [0, 0.1) is 5.92 Å². The number of rotatable bonds is 10. The highest BCUT2D eigenvalue weighted by Gasteiger charge is 2.21. The number of anilines is 2. The minimum Gasteiger partial charge on any atom is -0.497 e. The summed E-state index contributed by atoms with van der Waals surface area (Å²) in [5.41, 5.74) is 8.64. The fraction of sp³-hybridized carbons (Fsp3) is 0.346. The fourth-order valence-electron chi connectivity index (χ4n) is 3.83. The predicted molar refractivity (Wildman–Crippen MR) is 143 cm³/mol. The van der Waals surface area contributed by atoms with E-state index in [2.05, 4.69) is 40.4 Å². The van der Waals surface area contributed by atoms with E-state index in [-0.39, 0.29) is 4.90 Å². The molecule has 1 heterocycles. The number of amidine groups is 1. The molecule has 4 N–H and O–H groups in total. The maximum absolute atomic E-state index is 12.5. The molecule has 8 nitrogen and oxygen atoms in total. The lowest BCUT2D eigenvalue weighted by atomic mass is 10.0. The summed E-state index contributed by atoms with van der Waals surface area (Å²) in [4.78, 5) is 6.98. The lowest BCUT2D eigenvalue weighted by molar-refractivity contribution is 0.414. The van der Waals surface area contributed by atoms with Crippen LogP contribution in [-0.2, 0) is 16.4 Å². The lowest BCUT2D eigenvalue weighted by Gasteiger charge is -2.31. The Bertz CT molecular complexity index is 1190. The molecule has 3 rings (SSSR count). The van der Waals surface area contributed by atoms with E-state index < -0.39 is 10.0 Å². The molecule has 0 unspecified atom stereocenters. The molecule has 9 heteroatoms. The molecule has 0 radical (unpaired) electrons. The highest BCUT2D eigenvalue weighted by Crippen LogP contribution is 2.31. The molecule has 0 aromatic heterocycles. The molecule has 0 atom stereocenters. The summed E-state index contributed by atoms with van der Waals surface area (Å²) in [6, 6.07) is 12.5. The molecule has 2 aromatic carbocycles. The van der Waals surface area contributed by atoms with Gasteiger partial charge in [-0.05, 0) is 85.5 Å². The number of nitrogens with zero attached hydrogens (tertiary/aromatic N) is 2. The third-order valence-electron chi connectivity index (χ3n) is 5.64. The zero-order valence-corrected chi connectivity index (χ0v) is 21.4. The number of benzene rings is 2. The van der Waals surface area contributed by atoms with Crippen LogP contribution in [0.2, 0.25) is 0 Å². The number of ether oxygens (including phenoxy) is 1. The van der Waals surface area contributed by atoms with Crippen molar-refractivity contribution in [2.45, 2.75) is 38.0 Å². The summed E-state index contributed by atoms with van der Waals surface area (Å²) in [6.07, 6.45) is 5.91. The van der Waals surface area contributed by atoms with Gasteiger partial charge >= 0.3 is 0 Å². The Kier molecular flexibility index (Phi) is 8.95. The molecule has 0 saturated heterocycles. The van der Waals surface area contributed by atoms with Gasteiger partial charge in [0.2, 0.25) is 10.0 Å².